The Morgan fingerprint density at radius 1 is 1.16 bits per heavy atom. The second-order valence-corrected chi connectivity index (χ2v) is 9.48. The number of nitrogens with zero attached hydrogens (tertiary/aromatic N) is 2. The van der Waals surface area contributed by atoms with Crippen molar-refractivity contribution in [1.29, 1.82) is 0 Å². The highest BCUT2D eigenvalue weighted by Crippen LogP contribution is 2.36. The number of hydrogen-bond acceptors (Lipinski definition) is 4. The third-order valence-corrected chi connectivity index (χ3v) is 7.23. The van der Waals surface area contributed by atoms with Gasteiger partial charge in [-0.2, -0.15) is 0 Å². The Hall–Kier alpha value is -2.48. The molecule has 1 aromatic carbocycles. The molecule has 5 rings (SSSR count). The minimum absolute atomic E-state index is 0.0115. The van der Waals surface area contributed by atoms with Crippen molar-refractivity contribution in [1.82, 2.24) is 15.1 Å². The number of amides is 2. The third kappa shape index (κ3) is 4.00. The first-order valence-corrected chi connectivity index (χ1v) is 11.5. The molecule has 8 heteroatoms. The molecule has 6 nitrogen and oxygen atoms in total. The van der Waals surface area contributed by atoms with Gasteiger partial charge in [0.1, 0.15) is 17.9 Å². The first-order valence-electron chi connectivity index (χ1n) is 11.5. The SMILES string of the molecule is C=C1CCC(N2Cc3cc(O[C@@H]4CCCC[C@@H]4N4CCC(F)(F)C4)ccc3C2=O)C(=O)N1. The number of fused-ring (bicyclic) bond motifs is 1. The van der Waals surface area contributed by atoms with Gasteiger partial charge in [-0.1, -0.05) is 13.0 Å². The van der Waals surface area contributed by atoms with Crippen LogP contribution in [-0.2, 0) is 11.3 Å². The summed E-state index contributed by atoms with van der Waals surface area (Å²) < 4.78 is 33.9. The van der Waals surface area contributed by atoms with Crippen molar-refractivity contribution in [3.63, 3.8) is 0 Å². The fourth-order valence-corrected chi connectivity index (χ4v) is 5.56. The van der Waals surface area contributed by atoms with Crippen LogP contribution in [-0.4, -0.2) is 58.8 Å². The van der Waals surface area contributed by atoms with E-state index in [0.29, 0.717) is 42.9 Å². The van der Waals surface area contributed by atoms with E-state index in [2.05, 4.69) is 11.9 Å². The van der Waals surface area contributed by atoms with Crippen molar-refractivity contribution in [3.8, 4) is 5.75 Å². The second-order valence-electron chi connectivity index (χ2n) is 9.48. The highest BCUT2D eigenvalue weighted by atomic mass is 19.3. The van der Waals surface area contributed by atoms with Crippen LogP contribution in [0.3, 0.4) is 0 Å². The van der Waals surface area contributed by atoms with Gasteiger partial charge < -0.3 is 15.0 Å². The molecule has 3 fully saturated rings. The first-order chi connectivity index (χ1) is 15.3. The number of halogens is 2. The van der Waals surface area contributed by atoms with Crippen molar-refractivity contribution in [2.45, 2.75) is 75.6 Å². The minimum atomic E-state index is -2.61. The fraction of sp³-hybridized carbons (Fsp3) is 0.583. The summed E-state index contributed by atoms with van der Waals surface area (Å²) >= 11 is 0. The van der Waals surface area contributed by atoms with Crippen LogP contribution < -0.4 is 10.1 Å². The predicted octanol–water partition coefficient (Wildman–Crippen LogP) is 3.47. The number of nitrogens with one attached hydrogen (secondary N) is 1. The molecule has 3 heterocycles. The first kappa shape index (κ1) is 21.4. The molecule has 0 bridgehead atoms. The van der Waals surface area contributed by atoms with Gasteiger partial charge in [-0.25, -0.2) is 8.78 Å². The number of alkyl halides is 2. The number of benzene rings is 1. The molecular formula is C24H29F2N3O3. The zero-order valence-corrected chi connectivity index (χ0v) is 18.1. The molecule has 1 N–H and O–H groups in total. The molecular weight excluding hydrogens is 416 g/mol. The molecule has 2 amide bonds. The minimum Gasteiger partial charge on any atom is -0.489 e. The Labute approximate surface area is 186 Å². The highest BCUT2D eigenvalue weighted by Gasteiger charge is 2.44. The van der Waals surface area contributed by atoms with Gasteiger partial charge in [-0.15, -0.1) is 0 Å². The molecule has 0 spiro atoms. The molecule has 2 saturated heterocycles. The maximum absolute atomic E-state index is 13.8. The normalized spacial score (nSPS) is 30.4. The molecule has 0 aromatic heterocycles. The molecule has 0 radical (unpaired) electrons. The van der Waals surface area contributed by atoms with Gasteiger partial charge in [0.05, 0.1) is 6.54 Å². The van der Waals surface area contributed by atoms with E-state index in [4.69, 9.17) is 4.74 Å². The number of carbonyl (C=O) groups excluding carboxylic acids is 2. The quantitative estimate of drug-likeness (QED) is 0.771. The van der Waals surface area contributed by atoms with Gasteiger partial charge in [0.15, 0.2) is 0 Å². The second kappa shape index (κ2) is 8.14. The van der Waals surface area contributed by atoms with Crippen molar-refractivity contribution in [2.75, 3.05) is 13.1 Å². The number of ether oxygens (including phenoxy) is 1. The standard InChI is InChI=1S/C24H29F2N3O3/c1-15-6-9-20(22(30)27-15)29-13-16-12-17(7-8-18(16)23(29)31)32-21-5-3-2-4-19(21)28-11-10-24(25,26)14-28/h7-8,12,19-21H,1-6,9-11,13-14H2,(H,27,30)/t19-,20?,21+/m0/s1. The average Bonchev–Trinajstić information content (AvgIpc) is 3.27. The van der Waals surface area contributed by atoms with E-state index >= 15 is 0 Å². The predicted molar refractivity (Wildman–Crippen MR) is 114 cm³/mol. The van der Waals surface area contributed by atoms with E-state index in [1.807, 2.05) is 11.0 Å². The fourth-order valence-electron chi connectivity index (χ4n) is 5.56. The van der Waals surface area contributed by atoms with Crippen LogP contribution in [0.15, 0.2) is 30.5 Å². The lowest BCUT2D eigenvalue weighted by Crippen LogP contribution is -2.49. The molecule has 3 atom stereocenters. The van der Waals surface area contributed by atoms with E-state index < -0.39 is 12.0 Å². The summed E-state index contributed by atoms with van der Waals surface area (Å²) in [5.41, 5.74) is 2.11. The van der Waals surface area contributed by atoms with E-state index in [-0.39, 0.29) is 36.9 Å². The van der Waals surface area contributed by atoms with Gasteiger partial charge in [0.2, 0.25) is 5.91 Å². The van der Waals surface area contributed by atoms with Crippen LogP contribution in [0.4, 0.5) is 8.78 Å². The van der Waals surface area contributed by atoms with Crippen molar-refractivity contribution >= 4 is 11.8 Å². The van der Waals surface area contributed by atoms with Crippen molar-refractivity contribution in [2.24, 2.45) is 0 Å². The largest absolute Gasteiger partial charge is 0.489 e. The summed E-state index contributed by atoms with van der Waals surface area (Å²) in [6.07, 6.45) is 4.73. The molecule has 1 aliphatic carbocycles. The van der Waals surface area contributed by atoms with E-state index in [1.165, 1.54) is 0 Å². The topological polar surface area (TPSA) is 61.9 Å². The number of allylic oxidation sites excluding steroid dienone is 1. The van der Waals surface area contributed by atoms with E-state index in [9.17, 15) is 18.4 Å². The van der Waals surface area contributed by atoms with Gasteiger partial charge in [0.25, 0.3) is 11.8 Å². The highest BCUT2D eigenvalue weighted by molar-refractivity contribution is 6.01. The molecule has 32 heavy (non-hydrogen) atoms. The van der Waals surface area contributed by atoms with E-state index in [0.717, 1.165) is 31.2 Å². The number of hydrogen-bond donors (Lipinski definition) is 1. The van der Waals surface area contributed by atoms with Crippen LogP contribution in [0.25, 0.3) is 0 Å². The maximum Gasteiger partial charge on any atom is 0.261 e. The lowest BCUT2D eigenvalue weighted by molar-refractivity contribution is -0.126. The lowest BCUT2D eigenvalue weighted by atomic mass is 9.91. The summed E-state index contributed by atoms with van der Waals surface area (Å²) in [6.45, 7) is 4.37. The molecule has 3 aliphatic heterocycles. The zero-order chi connectivity index (χ0) is 22.5. The number of rotatable bonds is 4. The summed E-state index contributed by atoms with van der Waals surface area (Å²) in [4.78, 5) is 28.8. The smallest absolute Gasteiger partial charge is 0.261 e. The third-order valence-electron chi connectivity index (χ3n) is 7.23. The van der Waals surface area contributed by atoms with E-state index in [1.54, 1.807) is 17.0 Å². The summed E-state index contributed by atoms with van der Waals surface area (Å²) in [7, 11) is 0. The molecule has 1 aromatic rings. The van der Waals surface area contributed by atoms with Gasteiger partial charge in [0, 0.05) is 36.8 Å². The number of piperidine rings is 1. The van der Waals surface area contributed by atoms with Crippen LogP contribution in [0, 0.1) is 0 Å². The van der Waals surface area contributed by atoms with Gasteiger partial charge in [-0.3, -0.25) is 14.5 Å². The number of likely N-dealkylation sites (tertiary alicyclic amines) is 1. The summed E-state index contributed by atoms with van der Waals surface area (Å²) in [6, 6.07) is 4.91. The monoisotopic (exact) mass is 445 g/mol. The Balaban J connectivity index is 1.29. The van der Waals surface area contributed by atoms with Crippen LogP contribution in [0.5, 0.6) is 5.75 Å². The molecule has 4 aliphatic rings. The van der Waals surface area contributed by atoms with Crippen LogP contribution >= 0.6 is 0 Å². The van der Waals surface area contributed by atoms with Crippen molar-refractivity contribution < 1.29 is 23.1 Å². The Bertz CT molecular complexity index is 950. The van der Waals surface area contributed by atoms with Gasteiger partial charge >= 0.3 is 0 Å². The van der Waals surface area contributed by atoms with Crippen molar-refractivity contribution in [3.05, 3.63) is 41.6 Å². The lowest BCUT2D eigenvalue weighted by Gasteiger charge is -2.37. The summed E-state index contributed by atoms with van der Waals surface area (Å²) in [5.74, 6) is -2.29. The van der Waals surface area contributed by atoms with Crippen LogP contribution in [0.2, 0.25) is 0 Å². The molecule has 172 valence electrons. The van der Waals surface area contributed by atoms with Gasteiger partial charge in [-0.05, 0) is 55.9 Å². The maximum atomic E-state index is 13.8. The van der Waals surface area contributed by atoms with Crippen LogP contribution in [0.1, 0.15) is 60.9 Å². The average molecular weight is 446 g/mol. The Kier molecular flexibility index (Phi) is 5.43. The molecule has 1 unspecified atom stereocenters. The summed E-state index contributed by atoms with van der Waals surface area (Å²) in [5, 5.41) is 2.75. The zero-order valence-electron chi connectivity index (χ0n) is 18.1. The Morgan fingerprint density at radius 3 is 2.72 bits per heavy atom. The number of carbonyl (C=O) groups is 2. The molecule has 1 saturated carbocycles. The Morgan fingerprint density at radius 2 is 1.97 bits per heavy atom.